The summed E-state index contributed by atoms with van der Waals surface area (Å²) in [7, 11) is 1.72. The number of hydrogen-bond donors (Lipinski definition) is 1. The van der Waals surface area contributed by atoms with Crippen LogP contribution in [0.2, 0.25) is 0 Å². The Morgan fingerprint density at radius 1 is 1.21 bits per heavy atom. The third-order valence-electron chi connectivity index (χ3n) is 5.51. The van der Waals surface area contributed by atoms with E-state index in [-0.39, 0.29) is 23.7 Å². The number of H-pyrrole nitrogens is 1. The zero-order valence-electron chi connectivity index (χ0n) is 15.3. The van der Waals surface area contributed by atoms with Gasteiger partial charge in [-0.3, -0.25) is 9.13 Å². The molecule has 1 saturated carbocycles. The van der Waals surface area contributed by atoms with Gasteiger partial charge in [0.2, 0.25) is 5.95 Å². The lowest BCUT2D eigenvalue weighted by Gasteiger charge is -2.28. The summed E-state index contributed by atoms with van der Waals surface area (Å²) in [6, 6.07) is 4.43. The lowest BCUT2D eigenvalue weighted by molar-refractivity contribution is 0.0585. The van der Waals surface area contributed by atoms with Crippen molar-refractivity contribution in [2.75, 3.05) is 7.11 Å². The summed E-state index contributed by atoms with van der Waals surface area (Å²) in [4.78, 5) is 28.7. The van der Waals surface area contributed by atoms with Gasteiger partial charge in [0.15, 0.2) is 5.65 Å². The van der Waals surface area contributed by atoms with Crippen molar-refractivity contribution in [3.8, 4) is 5.95 Å². The molecule has 0 amide bonds. The van der Waals surface area contributed by atoms with E-state index in [1.54, 1.807) is 34.8 Å². The van der Waals surface area contributed by atoms with E-state index >= 15 is 0 Å². The third kappa shape index (κ3) is 2.70. The number of ether oxygens (including phenoxy) is 1. The number of hydrogen-bond acceptors (Lipinski definition) is 5. The van der Waals surface area contributed by atoms with Gasteiger partial charge >= 0.3 is 5.69 Å². The highest BCUT2D eigenvalue weighted by Crippen LogP contribution is 2.30. The second kappa shape index (κ2) is 6.52. The summed E-state index contributed by atoms with van der Waals surface area (Å²) in [5, 5.41) is 0. The Morgan fingerprint density at radius 3 is 2.82 bits per heavy atom. The van der Waals surface area contributed by atoms with Crippen LogP contribution in [0.15, 0.2) is 35.5 Å². The number of benzene rings is 1. The molecule has 144 valence electrons. The number of aromatic amines is 1. The summed E-state index contributed by atoms with van der Waals surface area (Å²) in [6.07, 6.45) is 6.90. The Kier molecular flexibility index (Phi) is 3.97. The predicted octanol–water partition coefficient (Wildman–Crippen LogP) is 2.73. The number of halogens is 1. The summed E-state index contributed by atoms with van der Waals surface area (Å²) in [5.41, 5.74) is 2.16. The van der Waals surface area contributed by atoms with Crippen molar-refractivity contribution >= 4 is 22.2 Å². The highest BCUT2D eigenvalue weighted by atomic mass is 19.1. The van der Waals surface area contributed by atoms with Gasteiger partial charge in [-0.15, -0.1) is 0 Å². The van der Waals surface area contributed by atoms with Crippen LogP contribution in [0.3, 0.4) is 0 Å². The zero-order chi connectivity index (χ0) is 19.3. The molecule has 3 heterocycles. The van der Waals surface area contributed by atoms with E-state index < -0.39 is 0 Å². The van der Waals surface area contributed by atoms with Crippen LogP contribution in [0.1, 0.15) is 31.7 Å². The zero-order valence-corrected chi connectivity index (χ0v) is 15.3. The van der Waals surface area contributed by atoms with Gasteiger partial charge in [0.05, 0.1) is 23.3 Å². The highest BCUT2D eigenvalue weighted by molar-refractivity contribution is 5.77. The first-order valence-corrected chi connectivity index (χ1v) is 9.27. The van der Waals surface area contributed by atoms with Crippen LogP contribution in [0, 0.1) is 5.82 Å². The molecule has 1 aliphatic rings. The molecule has 1 aromatic carbocycles. The van der Waals surface area contributed by atoms with Crippen LogP contribution in [0.4, 0.5) is 4.39 Å². The van der Waals surface area contributed by atoms with Crippen LogP contribution < -0.4 is 5.69 Å². The van der Waals surface area contributed by atoms with E-state index in [1.165, 1.54) is 12.1 Å². The molecule has 1 fully saturated rings. The Labute approximate surface area is 159 Å². The Balaban J connectivity index is 1.61. The van der Waals surface area contributed by atoms with E-state index in [9.17, 15) is 9.18 Å². The first kappa shape index (κ1) is 17.1. The van der Waals surface area contributed by atoms with Crippen LogP contribution in [-0.4, -0.2) is 42.3 Å². The first-order valence-electron chi connectivity index (χ1n) is 9.27. The number of rotatable bonds is 3. The summed E-state index contributed by atoms with van der Waals surface area (Å²) < 4.78 is 22.5. The van der Waals surface area contributed by atoms with Gasteiger partial charge in [-0.1, -0.05) is 0 Å². The van der Waals surface area contributed by atoms with Crippen LogP contribution in [-0.2, 0) is 4.74 Å². The van der Waals surface area contributed by atoms with Crippen molar-refractivity contribution in [3.63, 3.8) is 0 Å². The molecule has 4 aromatic rings. The smallest absolute Gasteiger partial charge is 0.327 e. The van der Waals surface area contributed by atoms with E-state index in [2.05, 4.69) is 19.9 Å². The maximum atomic E-state index is 13.7. The predicted molar refractivity (Wildman–Crippen MR) is 101 cm³/mol. The molecule has 5 rings (SSSR count). The van der Waals surface area contributed by atoms with Crippen molar-refractivity contribution in [1.29, 1.82) is 0 Å². The maximum absolute atomic E-state index is 13.7. The minimum absolute atomic E-state index is 0.0624. The molecule has 0 bridgehead atoms. The van der Waals surface area contributed by atoms with Crippen molar-refractivity contribution < 1.29 is 9.13 Å². The van der Waals surface area contributed by atoms with Gasteiger partial charge in [0.1, 0.15) is 17.7 Å². The Hall–Kier alpha value is -3.07. The summed E-state index contributed by atoms with van der Waals surface area (Å²) >= 11 is 0. The SMILES string of the molecule is CO[C@H]1CC[C@H](n2c(=O)[nH]c3cnc(-n4cnc5ccc(F)cc54)nc32)CC1. The molecule has 1 aliphatic carbocycles. The monoisotopic (exact) mass is 382 g/mol. The molecule has 9 heteroatoms. The third-order valence-corrected chi connectivity index (χ3v) is 5.51. The lowest BCUT2D eigenvalue weighted by Crippen LogP contribution is -2.28. The molecule has 0 unspecified atom stereocenters. The molecule has 1 N–H and O–H groups in total. The highest BCUT2D eigenvalue weighted by Gasteiger charge is 2.25. The van der Waals surface area contributed by atoms with E-state index in [4.69, 9.17) is 4.74 Å². The number of fused-ring (bicyclic) bond motifs is 2. The van der Waals surface area contributed by atoms with Gasteiger partial charge in [0, 0.05) is 19.2 Å². The molecule has 3 aromatic heterocycles. The number of aromatic nitrogens is 6. The number of methoxy groups -OCH3 is 1. The van der Waals surface area contributed by atoms with Crippen molar-refractivity contribution in [2.45, 2.75) is 37.8 Å². The second-order valence-electron chi connectivity index (χ2n) is 7.12. The number of imidazole rings is 2. The molecule has 0 radical (unpaired) electrons. The van der Waals surface area contributed by atoms with E-state index in [1.807, 2.05) is 0 Å². The quantitative estimate of drug-likeness (QED) is 0.588. The van der Waals surface area contributed by atoms with Crippen LogP contribution in [0.25, 0.3) is 28.1 Å². The maximum Gasteiger partial charge on any atom is 0.327 e. The largest absolute Gasteiger partial charge is 0.381 e. The van der Waals surface area contributed by atoms with Crippen molar-refractivity contribution in [3.05, 3.63) is 47.0 Å². The summed E-state index contributed by atoms with van der Waals surface area (Å²) in [5.74, 6) is -0.0114. The normalized spacial score (nSPS) is 20.2. The van der Waals surface area contributed by atoms with E-state index in [0.717, 1.165) is 25.7 Å². The van der Waals surface area contributed by atoms with Gasteiger partial charge < -0.3 is 9.72 Å². The lowest BCUT2D eigenvalue weighted by atomic mass is 9.93. The molecule has 8 nitrogen and oxygen atoms in total. The minimum Gasteiger partial charge on any atom is -0.381 e. The minimum atomic E-state index is -0.358. The molecule has 28 heavy (non-hydrogen) atoms. The fourth-order valence-electron chi connectivity index (χ4n) is 4.04. The number of nitrogens with zero attached hydrogens (tertiary/aromatic N) is 5. The average molecular weight is 382 g/mol. The molecular formula is C19H19FN6O2. The molecule has 0 spiro atoms. The standard InChI is InChI=1S/C19H19FN6O2/c1-28-13-5-3-12(4-6-13)26-17-15(23-19(26)27)9-21-18(24-17)25-10-22-14-7-2-11(20)8-16(14)25/h2,7-10,12-13H,3-6H2,1H3,(H,23,27)/t12-,13-. The molecule has 0 aliphatic heterocycles. The van der Waals surface area contributed by atoms with Crippen LogP contribution >= 0.6 is 0 Å². The fourth-order valence-corrected chi connectivity index (χ4v) is 4.04. The second-order valence-corrected chi connectivity index (χ2v) is 7.12. The Bertz CT molecular complexity index is 1220. The van der Waals surface area contributed by atoms with Gasteiger partial charge in [0.25, 0.3) is 0 Å². The van der Waals surface area contributed by atoms with Crippen LogP contribution in [0.5, 0.6) is 0 Å². The van der Waals surface area contributed by atoms with Crippen molar-refractivity contribution in [2.24, 2.45) is 0 Å². The van der Waals surface area contributed by atoms with Gasteiger partial charge in [-0.05, 0) is 37.8 Å². The topological polar surface area (TPSA) is 90.6 Å². The number of nitrogens with one attached hydrogen (secondary N) is 1. The summed E-state index contributed by atoms with van der Waals surface area (Å²) in [6.45, 7) is 0. The van der Waals surface area contributed by atoms with E-state index in [0.29, 0.717) is 28.1 Å². The Morgan fingerprint density at radius 2 is 2.04 bits per heavy atom. The molecule has 0 saturated heterocycles. The molecule has 0 atom stereocenters. The van der Waals surface area contributed by atoms with Gasteiger partial charge in [-0.25, -0.2) is 19.2 Å². The molecular weight excluding hydrogens is 363 g/mol. The van der Waals surface area contributed by atoms with Crippen molar-refractivity contribution in [1.82, 2.24) is 29.1 Å². The average Bonchev–Trinajstić information content (AvgIpc) is 3.27. The van der Waals surface area contributed by atoms with Gasteiger partial charge in [-0.2, -0.15) is 4.98 Å². The first-order chi connectivity index (χ1) is 13.6. The fraction of sp³-hybridized carbons (Fsp3) is 0.368.